The average Bonchev–Trinajstić information content (AvgIpc) is 3.40. The van der Waals surface area contributed by atoms with Gasteiger partial charge in [0.15, 0.2) is 11.5 Å². The summed E-state index contributed by atoms with van der Waals surface area (Å²) in [6.45, 7) is 4.48. The van der Waals surface area contributed by atoms with Crippen LogP contribution in [0.3, 0.4) is 0 Å². The number of likely N-dealkylation sites (tertiary alicyclic amines) is 1. The number of alkyl halides is 2. The van der Waals surface area contributed by atoms with Crippen LogP contribution in [0.5, 0.6) is 11.5 Å². The molecule has 2 N–H and O–H groups in total. The number of nitrogens with one attached hydrogen (secondary N) is 2. The van der Waals surface area contributed by atoms with Gasteiger partial charge in [0.25, 0.3) is 5.91 Å². The van der Waals surface area contributed by atoms with Crippen LogP contribution in [-0.4, -0.2) is 53.2 Å². The van der Waals surface area contributed by atoms with Gasteiger partial charge in [0.1, 0.15) is 9.71 Å². The number of amides is 4. The minimum atomic E-state index is -3.79. The lowest BCUT2D eigenvalue weighted by Crippen LogP contribution is -2.49. The number of halogens is 2. The summed E-state index contributed by atoms with van der Waals surface area (Å²) in [7, 11) is 0. The van der Waals surface area contributed by atoms with E-state index in [1.54, 1.807) is 11.0 Å². The van der Waals surface area contributed by atoms with Crippen molar-refractivity contribution in [2.45, 2.75) is 25.2 Å². The highest BCUT2D eigenvalue weighted by molar-refractivity contribution is 7.21. The van der Waals surface area contributed by atoms with Gasteiger partial charge in [-0.2, -0.15) is 0 Å². The number of hydrogen-bond acceptors (Lipinski definition) is 7. The van der Waals surface area contributed by atoms with Crippen LogP contribution in [0.15, 0.2) is 43.1 Å². The fourth-order valence-corrected chi connectivity index (χ4v) is 5.78. The van der Waals surface area contributed by atoms with Gasteiger partial charge in [-0.3, -0.25) is 14.5 Å². The molecule has 0 spiro atoms. The quantitative estimate of drug-likeness (QED) is 0.492. The molecule has 1 atom stereocenters. The van der Waals surface area contributed by atoms with Gasteiger partial charge in [-0.05, 0) is 37.1 Å². The zero-order valence-electron chi connectivity index (χ0n) is 19.1. The average molecular weight is 528 g/mol. The van der Waals surface area contributed by atoms with E-state index in [4.69, 9.17) is 0 Å². The first kappa shape index (κ1) is 23.2. The Hall–Kier alpha value is -4.26. The highest BCUT2D eigenvalue weighted by Gasteiger charge is 2.44. The van der Waals surface area contributed by atoms with E-state index in [1.165, 1.54) is 35.4 Å². The van der Waals surface area contributed by atoms with Crippen LogP contribution in [0.2, 0.25) is 0 Å². The molecule has 0 bridgehead atoms. The summed E-state index contributed by atoms with van der Waals surface area (Å²) in [6, 6.07) is 4.81. The van der Waals surface area contributed by atoms with Crippen LogP contribution in [0, 0.1) is 0 Å². The fraction of sp³-hybridized carbons (Fsp3) is 0.250. The molecule has 2 aromatic heterocycles. The lowest BCUT2D eigenvalue weighted by Gasteiger charge is -2.32. The lowest BCUT2D eigenvalue weighted by atomic mass is 10.1. The van der Waals surface area contributed by atoms with Gasteiger partial charge in [0, 0.05) is 31.4 Å². The molecule has 1 fully saturated rings. The summed E-state index contributed by atoms with van der Waals surface area (Å²) in [4.78, 5) is 46.6. The summed E-state index contributed by atoms with van der Waals surface area (Å²) in [5, 5.41) is 6.27. The second-order valence-electron chi connectivity index (χ2n) is 8.68. The number of fused-ring (bicyclic) bond motifs is 1. The van der Waals surface area contributed by atoms with Crippen molar-refractivity contribution >= 4 is 56.5 Å². The number of nitrogens with zero attached hydrogens (tertiary/aromatic N) is 3. The lowest BCUT2D eigenvalue weighted by molar-refractivity contribution is -0.286. The van der Waals surface area contributed by atoms with Crippen LogP contribution in [0.1, 0.15) is 22.5 Å². The second kappa shape index (κ2) is 8.40. The molecule has 0 unspecified atom stereocenters. The monoisotopic (exact) mass is 527 g/mol. The van der Waals surface area contributed by atoms with Gasteiger partial charge < -0.3 is 25.0 Å². The van der Waals surface area contributed by atoms with Crippen LogP contribution >= 0.6 is 11.3 Å². The summed E-state index contributed by atoms with van der Waals surface area (Å²) >= 11 is 1.12. The van der Waals surface area contributed by atoms with Crippen molar-refractivity contribution in [1.82, 2.24) is 15.2 Å². The van der Waals surface area contributed by atoms with Crippen molar-refractivity contribution in [2.24, 2.45) is 0 Å². The van der Waals surface area contributed by atoms with E-state index < -0.39 is 12.3 Å². The van der Waals surface area contributed by atoms with Crippen molar-refractivity contribution in [3.05, 3.63) is 48.0 Å². The van der Waals surface area contributed by atoms with Crippen molar-refractivity contribution in [1.29, 1.82) is 0 Å². The van der Waals surface area contributed by atoms with Gasteiger partial charge in [-0.15, -0.1) is 20.1 Å². The molecular weight excluding hydrogens is 508 g/mol. The van der Waals surface area contributed by atoms with E-state index in [2.05, 4.69) is 31.7 Å². The van der Waals surface area contributed by atoms with Gasteiger partial charge >= 0.3 is 12.3 Å². The number of aromatic nitrogens is 1. The Morgan fingerprint density at radius 2 is 2.08 bits per heavy atom. The SMILES string of the molecule is C=CC(=O)N1CCC[C@@H](NC(=O)c2sc3nccc4c3c2NC(=O)N4c2ccc3c(c2)OC(F)(F)O3)C1. The Bertz CT molecular complexity index is 1490. The number of benzene rings is 1. The molecule has 13 heteroatoms. The maximum absolute atomic E-state index is 13.5. The number of carbonyl (C=O) groups is 3. The topological polar surface area (TPSA) is 113 Å². The highest BCUT2D eigenvalue weighted by Crippen LogP contribution is 2.48. The maximum Gasteiger partial charge on any atom is 0.586 e. The normalized spacial score (nSPS) is 19.5. The number of ether oxygens (including phenoxy) is 2. The number of urea groups is 1. The smallest absolute Gasteiger partial charge is 0.395 e. The Balaban J connectivity index is 1.32. The fourth-order valence-electron chi connectivity index (χ4n) is 4.75. The molecule has 5 heterocycles. The third kappa shape index (κ3) is 3.91. The Kier molecular flexibility index (Phi) is 5.26. The predicted octanol–water partition coefficient (Wildman–Crippen LogP) is 4.21. The van der Waals surface area contributed by atoms with Crippen molar-refractivity contribution in [2.75, 3.05) is 23.3 Å². The van der Waals surface area contributed by atoms with E-state index in [0.717, 1.165) is 17.8 Å². The third-order valence-corrected chi connectivity index (χ3v) is 7.43. The zero-order valence-corrected chi connectivity index (χ0v) is 19.9. The van der Waals surface area contributed by atoms with E-state index >= 15 is 0 Å². The molecule has 3 aromatic rings. The van der Waals surface area contributed by atoms with Crippen molar-refractivity contribution in [3.63, 3.8) is 0 Å². The number of rotatable bonds is 4. The van der Waals surface area contributed by atoms with Crippen molar-refractivity contribution in [3.8, 4) is 11.5 Å². The molecule has 1 saturated heterocycles. The van der Waals surface area contributed by atoms with Crippen LogP contribution in [-0.2, 0) is 4.79 Å². The molecule has 37 heavy (non-hydrogen) atoms. The van der Waals surface area contributed by atoms with Crippen molar-refractivity contribution < 1.29 is 32.6 Å². The largest absolute Gasteiger partial charge is 0.586 e. The van der Waals surface area contributed by atoms with Crippen LogP contribution in [0.4, 0.5) is 30.6 Å². The molecule has 1 aromatic carbocycles. The molecule has 0 aliphatic carbocycles. The molecule has 0 radical (unpaired) electrons. The number of carbonyl (C=O) groups excluding carboxylic acids is 3. The van der Waals surface area contributed by atoms with Gasteiger partial charge in [0.2, 0.25) is 5.91 Å². The molecule has 3 aliphatic rings. The summed E-state index contributed by atoms with van der Waals surface area (Å²) in [5.74, 6) is -0.921. The Morgan fingerprint density at radius 3 is 2.89 bits per heavy atom. The number of thiophene rings is 1. The number of hydrogen-bond donors (Lipinski definition) is 2. The number of anilines is 3. The summed E-state index contributed by atoms with van der Waals surface area (Å²) in [6.07, 6.45) is 0.418. The molecule has 3 aliphatic heterocycles. The molecule has 4 amide bonds. The van der Waals surface area contributed by atoms with Crippen LogP contribution < -0.4 is 25.0 Å². The number of piperidine rings is 1. The minimum absolute atomic E-state index is 0.141. The Morgan fingerprint density at radius 1 is 1.27 bits per heavy atom. The van der Waals surface area contributed by atoms with E-state index in [0.29, 0.717) is 41.1 Å². The molecular formula is C24H19F2N5O5S. The highest BCUT2D eigenvalue weighted by atomic mass is 32.1. The molecule has 190 valence electrons. The van der Waals surface area contributed by atoms with Gasteiger partial charge in [-0.1, -0.05) is 6.58 Å². The van der Waals surface area contributed by atoms with E-state index in [1.807, 2.05) is 0 Å². The molecule has 6 rings (SSSR count). The van der Waals surface area contributed by atoms with Gasteiger partial charge in [0.05, 0.1) is 22.4 Å². The summed E-state index contributed by atoms with van der Waals surface area (Å²) < 4.78 is 36.0. The standard InChI is InChI=1S/C24H19F2N5O5S/c1-2-17(32)30-9-3-4-12(11-30)28-21(33)20-19-18-14(7-8-27-22(18)37-20)31(23(34)29-19)13-5-6-15-16(10-13)36-24(25,26)35-15/h2,5-8,10,12H,1,3-4,9,11H2,(H,28,33)(H,29,34)/t12-/m1/s1. The first-order chi connectivity index (χ1) is 17.7. The van der Waals surface area contributed by atoms with E-state index in [-0.39, 0.29) is 39.9 Å². The number of pyridine rings is 1. The summed E-state index contributed by atoms with van der Waals surface area (Å²) in [5.41, 5.74) is 1.02. The molecule has 0 saturated carbocycles. The molecule has 10 nitrogen and oxygen atoms in total. The predicted molar refractivity (Wildman–Crippen MR) is 131 cm³/mol. The zero-order chi connectivity index (χ0) is 25.9. The van der Waals surface area contributed by atoms with Crippen LogP contribution in [0.25, 0.3) is 10.2 Å². The third-order valence-electron chi connectivity index (χ3n) is 6.34. The second-order valence-corrected chi connectivity index (χ2v) is 9.68. The van der Waals surface area contributed by atoms with Gasteiger partial charge in [-0.25, -0.2) is 9.78 Å². The maximum atomic E-state index is 13.5. The Labute approximate surface area is 212 Å². The first-order valence-electron chi connectivity index (χ1n) is 11.4. The first-order valence-corrected chi connectivity index (χ1v) is 12.2. The minimum Gasteiger partial charge on any atom is -0.395 e. The van der Waals surface area contributed by atoms with E-state index in [9.17, 15) is 23.2 Å².